The smallest absolute Gasteiger partial charge is 0.229 e. The lowest BCUT2D eigenvalue weighted by molar-refractivity contribution is 0.417. The fourth-order valence-electron chi connectivity index (χ4n) is 2.75. The van der Waals surface area contributed by atoms with E-state index in [1.807, 2.05) is 31.2 Å². The fraction of sp³-hybridized carbons (Fsp3) is 0.200. The molecule has 3 rings (SSSR count). The second-order valence-electron chi connectivity index (χ2n) is 6.80. The van der Waals surface area contributed by atoms with Crippen LogP contribution in [-0.4, -0.2) is 30.4 Å². The van der Waals surface area contributed by atoms with Gasteiger partial charge in [-0.05, 0) is 50.6 Å². The molecule has 0 aliphatic carbocycles. The third-order valence-corrected chi connectivity index (χ3v) is 5.73. The molecule has 1 heterocycles. The minimum absolute atomic E-state index is 0.394. The highest BCUT2D eigenvalue weighted by Gasteiger charge is 2.17. The highest BCUT2D eigenvalue weighted by Crippen LogP contribution is 2.38. The van der Waals surface area contributed by atoms with Crippen molar-refractivity contribution in [2.24, 2.45) is 0 Å². The summed E-state index contributed by atoms with van der Waals surface area (Å²) in [6.45, 7) is 5.41. The number of nitrogens with zero attached hydrogens (tertiary/aromatic N) is 2. The van der Waals surface area contributed by atoms with E-state index in [1.165, 1.54) is 0 Å². The van der Waals surface area contributed by atoms with Crippen LogP contribution in [0.15, 0.2) is 48.7 Å². The van der Waals surface area contributed by atoms with Gasteiger partial charge in [0.1, 0.15) is 18.7 Å². The van der Waals surface area contributed by atoms with Gasteiger partial charge in [-0.3, -0.25) is 0 Å². The number of nitrogens with one attached hydrogen (secondary N) is 2. The first-order valence-electron chi connectivity index (χ1n) is 8.73. The second-order valence-corrected chi connectivity index (χ2v) is 9.99. The molecule has 0 unspecified atom stereocenters. The third-order valence-electron chi connectivity index (χ3n) is 4.18. The van der Waals surface area contributed by atoms with Gasteiger partial charge in [-0.1, -0.05) is 12.1 Å². The Balaban J connectivity index is 1.94. The summed E-state index contributed by atoms with van der Waals surface area (Å²) in [5.41, 5.74) is 8.78. The topological polar surface area (TPSA) is 102 Å². The number of nitrogen functional groups attached to an aromatic ring is 1. The Bertz CT molecular complexity index is 1050. The fourth-order valence-corrected chi connectivity index (χ4v) is 3.90. The van der Waals surface area contributed by atoms with Crippen molar-refractivity contribution in [1.82, 2.24) is 9.97 Å². The van der Waals surface area contributed by atoms with E-state index in [0.29, 0.717) is 28.9 Å². The summed E-state index contributed by atoms with van der Waals surface area (Å²) in [6, 6.07) is 12.8. The average molecular weight is 397 g/mol. The molecule has 0 radical (unpaired) electrons. The monoisotopic (exact) mass is 397 g/mol. The van der Waals surface area contributed by atoms with Crippen molar-refractivity contribution in [1.29, 1.82) is 0 Å². The van der Waals surface area contributed by atoms with Gasteiger partial charge in [0.25, 0.3) is 0 Å². The Morgan fingerprint density at radius 3 is 2.54 bits per heavy atom. The molecule has 8 heteroatoms. The number of anilines is 5. The Labute approximate surface area is 164 Å². The molecular formula is C20H24N5O2P. The van der Waals surface area contributed by atoms with Crippen LogP contribution in [0.3, 0.4) is 0 Å². The molecular weight excluding hydrogens is 373 g/mol. The van der Waals surface area contributed by atoms with Crippen molar-refractivity contribution in [3.05, 3.63) is 54.2 Å². The van der Waals surface area contributed by atoms with Gasteiger partial charge in [-0.15, -0.1) is 0 Å². The predicted molar refractivity (Wildman–Crippen MR) is 116 cm³/mol. The van der Waals surface area contributed by atoms with E-state index in [-0.39, 0.29) is 0 Å². The molecule has 0 atom stereocenters. The molecule has 2 aromatic carbocycles. The summed E-state index contributed by atoms with van der Waals surface area (Å²) < 4.78 is 18.0. The minimum Gasteiger partial charge on any atom is -0.495 e. The number of hydrogen-bond acceptors (Lipinski definition) is 7. The summed E-state index contributed by atoms with van der Waals surface area (Å²) in [5.74, 6) is 1.66. The Hall–Kier alpha value is -3.05. The summed E-state index contributed by atoms with van der Waals surface area (Å²) in [6.07, 6.45) is 1.72. The molecule has 7 nitrogen and oxygen atoms in total. The predicted octanol–water partition coefficient (Wildman–Crippen LogP) is 4.11. The number of hydrogen-bond donors (Lipinski definition) is 3. The van der Waals surface area contributed by atoms with Crippen LogP contribution in [0, 0.1) is 6.92 Å². The van der Waals surface area contributed by atoms with Crippen LogP contribution in [0.2, 0.25) is 0 Å². The van der Waals surface area contributed by atoms with Crippen LogP contribution in [0.4, 0.5) is 28.8 Å². The maximum atomic E-state index is 12.6. The van der Waals surface area contributed by atoms with Crippen LogP contribution in [0.5, 0.6) is 5.75 Å². The molecule has 0 saturated carbocycles. The maximum absolute atomic E-state index is 12.6. The van der Waals surface area contributed by atoms with Gasteiger partial charge >= 0.3 is 0 Å². The molecule has 0 fully saturated rings. The van der Waals surface area contributed by atoms with Gasteiger partial charge in [-0.25, -0.2) is 4.98 Å². The largest absolute Gasteiger partial charge is 0.495 e. The molecule has 3 aromatic rings. The number of ether oxygens (including phenoxy) is 1. The molecule has 1 aromatic heterocycles. The molecule has 0 aliphatic rings. The summed E-state index contributed by atoms with van der Waals surface area (Å²) in [4.78, 5) is 8.91. The van der Waals surface area contributed by atoms with E-state index in [4.69, 9.17) is 10.5 Å². The van der Waals surface area contributed by atoms with Gasteiger partial charge < -0.3 is 25.7 Å². The van der Waals surface area contributed by atoms with E-state index in [2.05, 4.69) is 20.6 Å². The zero-order valence-electron chi connectivity index (χ0n) is 16.4. The van der Waals surface area contributed by atoms with Crippen molar-refractivity contribution in [3.63, 3.8) is 0 Å². The van der Waals surface area contributed by atoms with E-state index >= 15 is 0 Å². The van der Waals surface area contributed by atoms with Gasteiger partial charge in [-0.2, -0.15) is 4.98 Å². The quantitative estimate of drug-likeness (QED) is 0.425. The third kappa shape index (κ3) is 4.43. The Morgan fingerprint density at radius 2 is 1.82 bits per heavy atom. The second kappa shape index (κ2) is 7.90. The van der Waals surface area contributed by atoms with Crippen molar-refractivity contribution in [2.45, 2.75) is 6.92 Å². The molecule has 0 spiro atoms. The molecule has 0 amide bonds. The summed E-state index contributed by atoms with van der Waals surface area (Å²) in [5, 5.41) is 7.21. The zero-order chi connectivity index (χ0) is 20.3. The Morgan fingerprint density at radius 1 is 1.07 bits per heavy atom. The van der Waals surface area contributed by atoms with Crippen LogP contribution in [0.25, 0.3) is 0 Å². The molecule has 0 saturated heterocycles. The first kappa shape index (κ1) is 19.7. The van der Waals surface area contributed by atoms with Crippen molar-refractivity contribution in [2.75, 3.05) is 36.8 Å². The van der Waals surface area contributed by atoms with Gasteiger partial charge in [0, 0.05) is 22.8 Å². The van der Waals surface area contributed by atoms with Gasteiger partial charge in [0.15, 0.2) is 0 Å². The first-order chi connectivity index (χ1) is 13.3. The molecule has 0 bridgehead atoms. The van der Waals surface area contributed by atoms with Gasteiger partial charge in [0.05, 0.1) is 18.5 Å². The zero-order valence-corrected chi connectivity index (χ0v) is 17.2. The standard InChI is InChI=1S/C20H24N5O2P/c1-13-12-22-20(24-16-11-14(21)9-10-17(16)27-2)25-19(13)23-15-7-5-6-8-18(15)28(3,4)26/h5-12H,21H2,1-4H3,(H2,22,23,24,25). The lowest BCUT2D eigenvalue weighted by Crippen LogP contribution is -2.11. The highest BCUT2D eigenvalue weighted by atomic mass is 31.2. The van der Waals surface area contributed by atoms with Crippen molar-refractivity contribution in [3.8, 4) is 5.75 Å². The maximum Gasteiger partial charge on any atom is 0.229 e. The van der Waals surface area contributed by atoms with Crippen LogP contribution < -0.4 is 26.4 Å². The van der Waals surface area contributed by atoms with Crippen LogP contribution in [0.1, 0.15) is 5.56 Å². The number of nitrogens with two attached hydrogens (primary N) is 1. The highest BCUT2D eigenvalue weighted by molar-refractivity contribution is 7.70. The summed E-state index contributed by atoms with van der Waals surface area (Å²) >= 11 is 0. The molecule has 4 N–H and O–H groups in total. The van der Waals surface area contributed by atoms with E-state index < -0.39 is 7.14 Å². The number of para-hydroxylation sites is 1. The SMILES string of the molecule is COc1ccc(N)cc1Nc1ncc(C)c(Nc2ccccc2P(C)(C)=O)n1. The number of aromatic nitrogens is 2. The molecule has 146 valence electrons. The average Bonchev–Trinajstić information content (AvgIpc) is 2.64. The normalized spacial score (nSPS) is 11.1. The molecule has 28 heavy (non-hydrogen) atoms. The summed E-state index contributed by atoms with van der Waals surface area (Å²) in [7, 11) is -0.855. The lowest BCUT2D eigenvalue weighted by atomic mass is 10.2. The van der Waals surface area contributed by atoms with Gasteiger partial charge in [0.2, 0.25) is 5.95 Å². The lowest BCUT2D eigenvalue weighted by Gasteiger charge is -2.16. The van der Waals surface area contributed by atoms with E-state index in [0.717, 1.165) is 16.6 Å². The number of aryl methyl sites for hydroxylation is 1. The molecule has 0 aliphatic heterocycles. The van der Waals surface area contributed by atoms with E-state index in [1.54, 1.807) is 44.8 Å². The number of benzene rings is 2. The van der Waals surface area contributed by atoms with Crippen molar-refractivity contribution < 1.29 is 9.30 Å². The van der Waals surface area contributed by atoms with E-state index in [9.17, 15) is 4.57 Å². The number of rotatable bonds is 6. The Kier molecular flexibility index (Phi) is 5.56. The minimum atomic E-state index is -2.44. The first-order valence-corrected chi connectivity index (χ1v) is 11.3. The number of methoxy groups -OCH3 is 1. The van der Waals surface area contributed by atoms with Crippen LogP contribution in [-0.2, 0) is 4.57 Å². The van der Waals surface area contributed by atoms with Crippen molar-refractivity contribution >= 4 is 41.3 Å². The van der Waals surface area contributed by atoms with Crippen LogP contribution >= 0.6 is 7.14 Å².